The predicted octanol–water partition coefficient (Wildman–Crippen LogP) is 1.02. The first-order chi connectivity index (χ1) is 16.9. The van der Waals surface area contributed by atoms with Crippen LogP contribution >= 0.6 is 0 Å². The Hall–Kier alpha value is -3.15. The summed E-state index contributed by atoms with van der Waals surface area (Å²) in [5.41, 5.74) is 3.25. The fourth-order valence-corrected chi connectivity index (χ4v) is 5.39. The van der Waals surface area contributed by atoms with Crippen LogP contribution in [0.1, 0.15) is 75.8 Å². The smallest absolute Gasteiger partial charge is 0.198 e. The summed E-state index contributed by atoms with van der Waals surface area (Å²) >= 11 is 0. The third kappa shape index (κ3) is 3.56. The highest BCUT2D eigenvalue weighted by atomic mass is 16.7. The van der Waals surface area contributed by atoms with Gasteiger partial charge < -0.3 is 35.6 Å². The summed E-state index contributed by atoms with van der Waals surface area (Å²) in [6, 6.07) is 5.42. The van der Waals surface area contributed by atoms with E-state index in [9.17, 15) is 34.8 Å². The van der Waals surface area contributed by atoms with Gasteiger partial charge in [0.1, 0.15) is 17.1 Å². The average Bonchev–Trinajstić information content (AvgIpc) is 2.82. The number of hydrogen-bond donors (Lipinski definition) is 5. The highest BCUT2D eigenvalue weighted by Gasteiger charge is 2.49. The number of aliphatic hydroxyl groups excluding tert-OH is 1. The van der Waals surface area contributed by atoms with Crippen molar-refractivity contribution < 1.29 is 44.3 Å². The molecular formula is C26H27NO9. The van der Waals surface area contributed by atoms with Gasteiger partial charge in [0.25, 0.3) is 0 Å². The van der Waals surface area contributed by atoms with Crippen molar-refractivity contribution >= 4 is 17.3 Å². The summed E-state index contributed by atoms with van der Waals surface area (Å²) in [5.74, 6) is -3.08. The van der Waals surface area contributed by atoms with Gasteiger partial charge in [-0.25, -0.2) is 0 Å². The molecule has 0 radical (unpaired) electrons. The largest absolute Gasteiger partial charge is 0.507 e. The number of Topliss-reactive ketones (excluding diaryl/α,β-unsaturated/α-hetero) is 1. The van der Waals surface area contributed by atoms with Crippen molar-refractivity contribution in [2.24, 2.45) is 5.73 Å². The number of phenols is 2. The second kappa shape index (κ2) is 8.46. The lowest BCUT2D eigenvalue weighted by Crippen LogP contribution is -2.53. The van der Waals surface area contributed by atoms with E-state index in [0.717, 1.165) is 0 Å². The first kappa shape index (κ1) is 24.5. The maximum Gasteiger partial charge on any atom is 0.198 e. The molecule has 0 spiro atoms. The van der Waals surface area contributed by atoms with Gasteiger partial charge in [-0.3, -0.25) is 14.4 Å². The van der Waals surface area contributed by atoms with Gasteiger partial charge in [-0.05, 0) is 13.8 Å². The quantitative estimate of drug-likeness (QED) is 0.328. The molecule has 0 unspecified atom stereocenters. The summed E-state index contributed by atoms with van der Waals surface area (Å²) in [7, 11) is 0. The summed E-state index contributed by atoms with van der Waals surface area (Å²) in [6.07, 6.45) is -4.48. The first-order valence-corrected chi connectivity index (χ1v) is 11.7. The highest BCUT2D eigenvalue weighted by Crippen LogP contribution is 2.51. The summed E-state index contributed by atoms with van der Waals surface area (Å²) in [5, 5.41) is 44.0. The standard InChI is InChI=1S/C26H27NO9/c1-10-21(27)15(29)7-17(35-10)36-16-9-26(34,11(2)28)8-14-18(16)25(33)20-19(24(14)32)22(30)12-5-3-4-6-13(12)23(20)31/h3-6,10,15-17,21,29,32-34H,7-9,27H2,1-2H3/t10-,15+,16-,17-,21-,26-/m0/s1. The molecule has 36 heavy (non-hydrogen) atoms. The van der Waals surface area contributed by atoms with Crippen LogP contribution in [0.25, 0.3) is 0 Å². The van der Waals surface area contributed by atoms with E-state index in [-0.39, 0.29) is 46.2 Å². The molecule has 0 bridgehead atoms. The lowest BCUT2D eigenvalue weighted by Gasteiger charge is -2.42. The van der Waals surface area contributed by atoms with Gasteiger partial charge in [0, 0.05) is 41.5 Å². The molecule has 0 aromatic heterocycles. The van der Waals surface area contributed by atoms with Gasteiger partial charge in [-0.1, -0.05) is 24.3 Å². The van der Waals surface area contributed by atoms with Gasteiger partial charge >= 0.3 is 0 Å². The number of rotatable bonds is 3. The van der Waals surface area contributed by atoms with Crippen LogP contribution < -0.4 is 5.73 Å². The fourth-order valence-electron chi connectivity index (χ4n) is 5.39. The van der Waals surface area contributed by atoms with Crippen LogP contribution in [0.5, 0.6) is 11.5 Å². The van der Waals surface area contributed by atoms with Crippen molar-refractivity contribution in [1.29, 1.82) is 0 Å². The zero-order valence-electron chi connectivity index (χ0n) is 19.7. The van der Waals surface area contributed by atoms with Gasteiger partial charge in [-0.15, -0.1) is 0 Å². The molecule has 0 amide bonds. The summed E-state index contributed by atoms with van der Waals surface area (Å²) in [6.45, 7) is 2.84. The Morgan fingerprint density at radius 1 is 1.11 bits per heavy atom. The van der Waals surface area contributed by atoms with E-state index in [0.29, 0.717) is 0 Å². The van der Waals surface area contributed by atoms with Gasteiger partial charge in [-0.2, -0.15) is 0 Å². The molecule has 2 aromatic carbocycles. The minimum Gasteiger partial charge on any atom is -0.507 e. The fraction of sp³-hybridized carbons (Fsp3) is 0.423. The minimum absolute atomic E-state index is 0.0154. The number of ketones is 3. The van der Waals surface area contributed by atoms with Gasteiger partial charge in [0.15, 0.2) is 23.6 Å². The third-order valence-electron chi connectivity index (χ3n) is 7.53. The molecule has 10 heteroatoms. The van der Waals surface area contributed by atoms with Crippen LogP contribution in [-0.2, 0) is 20.7 Å². The Morgan fingerprint density at radius 2 is 1.69 bits per heavy atom. The average molecular weight is 498 g/mol. The molecule has 1 aliphatic heterocycles. The second-order valence-electron chi connectivity index (χ2n) is 9.79. The number of ether oxygens (including phenoxy) is 2. The van der Waals surface area contributed by atoms with Crippen LogP contribution in [0.4, 0.5) is 0 Å². The van der Waals surface area contributed by atoms with E-state index in [2.05, 4.69) is 0 Å². The van der Waals surface area contributed by atoms with Crippen molar-refractivity contribution in [1.82, 2.24) is 0 Å². The van der Waals surface area contributed by atoms with E-state index in [1.54, 1.807) is 19.1 Å². The van der Waals surface area contributed by atoms with Crippen molar-refractivity contribution in [2.45, 2.75) is 69.4 Å². The number of fused-ring (bicyclic) bond motifs is 3. The molecule has 6 N–H and O–H groups in total. The molecule has 1 fully saturated rings. The number of phenolic OH excluding ortho intramolecular Hbond substituents is 2. The molecule has 3 aliphatic rings. The molecule has 1 heterocycles. The van der Waals surface area contributed by atoms with E-state index >= 15 is 0 Å². The maximum absolute atomic E-state index is 13.3. The molecule has 1 saturated heterocycles. The zero-order chi connectivity index (χ0) is 26.1. The monoisotopic (exact) mass is 497 g/mol. The molecule has 10 nitrogen and oxygen atoms in total. The Bertz CT molecular complexity index is 1290. The van der Waals surface area contributed by atoms with Crippen LogP contribution in [0.2, 0.25) is 0 Å². The molecule has 5 rings (SSSR count). The molecule has 6 atom stereocenters. The van der Waals surface area contributed by atoms with E-state index < -0.39 is 71.5 Å². The number of aliphatic hydroxyl groups is 2. The topological polar surface area (TPSA) is 177 Å². The number of aromatic hydroxyl groups is 2. The third-order valence-corrected chi connectivity index (χ3v) is 7.53. The second-order valence-corrected chi connectivity index (χ2v) is 9.79. The van der Waals surface area contributed by atoms with Crippen LogP contribution in [0, 0.1) is 0 Å². The zero-order valence-corrected chi connectivity index (χ0v) is 19.7. The van der Waals surface area contributed by atoms with E-state index in [1.165, 1.54) is 19.1 Å². The minimum atomic E-state index is -1.98. The summed E-state index contributed by atoms with van der Waals surface area (Å²) < 4.78 is 11.8. The van der Waals surface area contributed by atoms with E-state index in [1.807, 2.05) is 0 Å². The Labute approximate surface area is 206 Å². The molecule has 0 saturated carbocycles. The van der Waals surface area contributed by atoms with Crippen molar-refractivity contribution in [3.05, 3.63) is 57.6 Å². The van der Waals surface area contributed by atoms with Crippen LogP contribution in [-0.4, -0.2) is 67.9 Å². The molecular weight excluding hydrogens is 470 g/mol. The van der Waals surface area contributed by atoms with Crippen molar-refractivity contribution in [3.63, 3.8) is 0 Å². The van der Waals surface area contributed by atoms with Crippen molar-refractivity contribution in [3.8, 4) is 11.5 Å². The Morgan fingerprint density at radius 3 is 2.25 bits per heavy atom. The maximum atomic E-state index is 13.3. The van der Waals surface area contributed by atoms with Gasteiger partial charge in [0.05, 0.1) is 35.5 Å². The SMILES string of the molecule is CC(=O)[C@]1(O)Cc2c(O)c3c(c(O)c2[C@@H](O[C@H]2C[C@@H](O)[C@@H](N)[C@H](C)O2)C1)C(=O)c1ccccc1C3=O. The lowest BCUT2D eigenvalue weighted by atomic mass is 9.72. The Balaban J connectivity index is 1.66. The number of hydrogen-bond acceptors (Lipinski definition) is 10. The van der Waals surface area contributed by atoms with Crippen LogP contribution in [0.15, 0.2) is 24.3 Å². The van der Waals surface area contributed by atoms with Crippen LogP contribution in [0.3, 0.4) is 0 Å². The Kier molecular flexibility index (Phi) is 5.77. The normalized spacial score (nSPS) is 31.4. The van der Waals surface area contributed by atoms with Crippen molar-refractivity contribution in [2.75, 3.05) is 0 Å². The molecule has 2 aliphatic carbocycles. The predicted molar refractivity (Wildman–Crippen MR) is 124 cm³/mol. The number of nitrogens with two attached hydrogens (primary N) is 1. The van der Waals surface area contributed by atoms with Gasteiger partial charge in [0.2, 0.25) is 0 Å². The highest BCUT2D eigenvalue weighted by molar-refractivity contribution is 6.30. The molecule has 2 aromatic rings. The molecule has 190 valence electrons. The van der Waals surface area contributed by atoms with E-state index in [4.69, 9.17) is 15.2 Å². The number of carbonyl (C=O) groups excluding carboxylic acids is 3. The summed E-state index contributed by atoms with van der Waals surface area (Å²) in [4.78, 5) is 39.0. The number of carbonyl (C=O) groups is 3. The number of benzene rings is 2. The lowest BCUT2D eigenvalue weighted by molar-refractivity contribution is -0.243. The first-order valence-electron chi connectivity index (χ1n) is 11.7.